The summed E-state index contributed by atoms with van der Waals surface area (Å²) in [4.78, 5) is 26.9. The summed E-state index contributed by atoms with van der Waals surface area (Å²) >= 11 is 10.3. The van der Waals surface area contributed by atoms with Crippen LogP contribution in [0.3, 0.4) is 0 Å². The first-order valence-corrected chi connectivity index (χ1v) is 11.9. The fraction of sp³-hybridized carbons (Fsp3) is 0.120. The summed E-state index contributed by atoms with van der Waals surface area (Å²) in [7, 11) is 1.56. The van der Waals surface area contributed by atoms with Crippen molar-refractivity contribution in [3.63, 3.8) is 0 Å². The van der Waals surface area contributed by atoms with Crippen molar-refractivity contribution in [3.05, 3.63) is 91.8 Å². The molecule has 5 nitrogen and oxygen atoms in total. The Hall–Kier alpha value is -2.74. The molecule has 1 aliphatic heterocycles. The number of nitrogens with zero attached hydrogens (tertiary/aromatic N) is 1. The summed E-state index contributed by atoms with van der Waals surface area (Å²) in [6.07, 6.45) is 1.67. The molecule has 3 aromatic rings. The van der Waals surface area contributed by atoms with Gasteiger partial charge in [-0.2, -0.15) is 0 Å². The van der Waals surface area contributed by atoms with Crippen LogP contribution in [0.4, 0.5) is 10.5 Å². The van der Waals surface area contributed by atoms with Crippen molar-refractivity contribution in [1.82, 2.24) is 0 Å². The number of rotatable bonds is 6. The van der Waals surface area contributed by atoms with E-state index in [0.29, 0.717) is 43.8 Å². The predicted molar refractivity (Wildman–Crippen MR) is 136 cm³/mol. The summed E-state index contributed by atoms with van der Waals surface area (Å²) in [5.74, 6) is 0.688. The maximum absolute atomic E-state index is 12.9. The average Bonchev–Trinajstić information content (AvgIpc) is 3.06. The molecule has 1 heterocycles. The van der Waals surface area contributed by atoms with Gasteiger partial charge in [0.25, 0.3) is 11.1 Å². The monoisotopic (exact) mass is 543 g/mol. The zero-order valence-corrected chi connectivity index (χ0v) is 21.0. The van der Waals surface area contributed by atoms with Gasteiger partial charge in [-0.3, -0.25) is 9.59 Å². The maximum atomic E-state index is 12.9. The van der Waals surface area contributed by atoms with Crippen LogP contribution in [0.15, 0.2) is 70.0 Å². The van der Waals surface area contributed by atoms with Crippen molar-refractivity contribution in [2.24, 2.45) is 0 Å². The lowest BCUT2D eigenvalue weighted by molar-refractivity contribution is -0.113. The Kier molecular flexibility index (Phi) is 7.12. The molecule has 1 aliphatic rings. The standard InChI is InChI=1S/C25H19BrClNO4S/c1-15-4-3-5-16(10-15)14-32-23-20(26)11-17(12-21(23)31-2)13-22-24(29)28(25(30)33-22)19-8-6-18(27)7-9-19/h3-13H,14H2,1-2H3/b22-13+. The number of hydrogen-bond donors (Lipinski definition) is 0. The Labute approximate surface area is 209 Å². The zero-order valence-electron chi connectivity index (χ0n) is 17.8. The molecule has 0 radical (unpaired) electrons. The summed E-state index contributed by atoms with van der Waals surface area (Å²) in [5, 5.41) is 0.167. The maximum Gasteiger partial charge on any atom is 0.298 e. The molecule has 0 spiro atoms. The summed E-state index contributed by atoms with van der Waals surface area (Å²) in [6, 6.07) is 18.2. The number of anilines is 1. The number of imide groups is 1. The van der Waals surface area contributed by atoms with Gasteiger partial charge in [-0.1, -0.05) is 41.4 Å². The Balaban J connectivity index is 1.58. The Bertz CT molecular complexity index is 1260. The number of benzene rings is 3. The third-order valence-corrected chi connectivity index (χ3v) is 6.60. The van der Waals surface area contributed by atoms with Crippen LogP contribution >= 0.6 is 39.3 Å². The van der Waals surface area contributed by atoms with Gasteiger partial charge in [0.05, 0.1) is 22.2 Å². The van der Waals surface area contributed by atoms with Crippen LogP contribution in [-0.4, -0.2) is 18.3 Å². The Morgan fingerprint density at radius 1 is 1.09 bits per heavy atom. The molecule has 168 valence electrons. The number of aryl methyl sites for hydroxylation is 1. The molecular formula is C25H19BrClNO4S. The number of ether oxygens (including phenoxy) is 2. The van der Waals surface area contributed by atoms with Crippen LogP contribution in [0, 0.1) is 6.92 Å². The van der Waals surface area contributed by atoms with Crippen molar-refractivity contribution in [2.75, 3.05) is 12.0 Å². The van der Waals surface area contributed by atoms with Crippen LogP contribution in [0.5, 0.6) is 11.5 Å². The number of carbonyl (C=O) groups excluding carboxylic acids is 2. The zero-order chi connectivity index (χ0) is 23.5. The minimum absolute atomic E-state index is 0.317. The molecule has 1 saturated heterocycles. The lowest BCUT2D eigenvalue weighted by Crippen LogP contribution is -2.27. The molecule has 0 bridgehead atoms. The number of methoxy groups -OCH3 is 1. The number of halogens is 2. The van der Waals surface area contributed by atoms with Gasteiger partial charge in [-0.25, -0.2) is 4.90 Å². The van der Waals surface area contributed by atoms with Gasteiger partial charge in [0.2, 0.25) is 0 Å². The van der Waals surface area contributed by atoms with Crippen LogP contribution in [0.25, 0.3) is 6.08 Å². The second-order valence-electron chi connectivity index (χ2n) is 7.31. The van der Waals surface area contributed by atoms with Gasteiger partial charge in [0.1, 0.15) is 6.61 Å². The smallest absolute Gasteiger partial charge is 0.298 e. The van der Waals surface area contributed by atoms with Crippen molar-refractivity contribution in [3.8, 4) is 11.5 Å². The minimum Gasteiger partial charge on any atom is -0.493 e. The highest BCUT2D eigenvalue weighted by molar-refractivity contribution is 9.10. The molecule has 0 aromatic heterocycles. The van der Waals surface area contributed by atoms with Crippen molar-refractivity contribution >= 4 is 62.2 Å². The van der Waals surface area contributed by atoms with Gasteiger partial charge < -0.3 is 9.47 Å². The lowest BCUT2D eigenvalue weighted by Gasteiger charge is -2.14. The van der Waals surface area contributed by atoms with E-state index in [9.17, 15) is 9.59 Å². The number of thioether (sulfide) groups is 1. The molecule has 0 saturated carbocycles. The highest BCUT2D eigenvalue weighted by Crippen LogP contribution is 2.40. The van der Waals surface area contributed by atoms with E-state index in [1.807, 2.05) is 31.2 Å². The van der Waals surface area contributed by atoms with E-state index >= 15 is 0 Å². The van der Waals surface area contributed by atoms with E-state index in [0.717, 1.165) is 27.8 Å². The fourth-order valence-electron chi connectivity index (χ4n) is 3.35. The highest BCUT2D eigenvalue weighted by atomic mass is 79.9. The van der Waals surface area contributed by atoms with Crippen LogP contribution in [0.1, 0.15) is 16.7 Å². The molecular weight excluding hydrogens is 526 g/mol. The van der Waals surface area contributed by atoms with Crippen LogP contribution in [-0.2, 0) is 11.4 Å². The summed E-state index contributed by atoms with van der Waals surface area (Å²) in [5.41, 5.74) is 3.38. The van der Waals surface area contributed by atoms with E-state index in [-0.39, 0.29) is 11.1 Å². The van der Waals surface area contributed by atoms with Gasteiger partial charge >= 0.3 is 0 Å². The van der Waals surface area contributed by atoms with Crippen LogP contribution in [0.2, 0.25) is 5.02 Å². The minimum atomic E-state index is -0.387. The van der Waals surface area contributed by atoms with E-state index in [1.165, 1.54) is 0 Å². The number of carbonyl (C=O) groups is 2. The number of amides is 2. The molecule has 2 amide bonds. The molecule has 1 fully saturated rings. The molecule has 0 atom stereocenters. The van der Waals surface area contributed by atoms with Crippen molar-refractivity contribution in [2.45, 2.75) is 13.5 Å². The highest BCUT2D eigenvalue weighted by Gasteiger charge is 2.36. The first-order valence-electron chi connectivity index (χ1n) is 9.95. The van der Waals surface area contributed by atoms with E-state index in [4.69, 9.17) is 21.1 Å². The normalized spacial score (nSPS) is 14.8. The molecule has 4 rings (SSSR count). The third-order valence-electron chi connectivity index (χ3n) is 4.89. The molecule has 0 unspecified atom stereocenters. The van der Waals surface area contributed by atoms with Crippen molar-refractivity contribution in [1.29, 1.82) is 0 Å². The first-order chi connectivity index (χ1) is 15.9. The largest absolute Gasteiger partial charge is 0.493 e. The molecule has 3 aromatic carbocycles. The number of hydrogen-bond acceptors (Lipinski definition) is 5. The van der Waals surface area contributed by atoms with E-state index in [2.05, 4.69) is 22.0 Å². The quantitative estimate of drug-likeness (QED) is 0.306. The predicted octanol–water partition coefficient (Wildman–Crippen LogP) is 7.24. The third kappa shape index (κ3) is 5.27. The second kappa shape index (κ2) is 10.0. The first kappa shape index (κ1) is 23.4. The van der Waals surface area contributed by atoms with E-state index < -0.39 is 0 Å². The Morgan fingerprint density at radius 2 is 1.85 bits per heavy atom. The van der Waals surface area contributed by atoms with Gasteiger partial charge in [-0.05, 0) is 88.2 Å². The second-order valence-corrected chi connectivity index (χ2v) is 9.59. The fourth-order valence-corrected chi connectivity index (χ4v) is 4.89. The van der Waals surface area contributed by atoms with Crippen LogP contribution < -0.4 is 14.4 Å². The van der Waals surface area contributed by atoms with Gasteiger partial charge in [-0.15, -0.1) is 0 Å². The van der Waals surface area contributed by atoms with E-state index in [1.54, 1.807) is 43.5 Å². The van der Waals surface area contributed by atoms with Gasteiger partial charge in [0, 0.05) is 5.02 Å². The van der Waals surface area contributed by atoms with Crippen molar-refractivity contribution < 1.29 is 19.1 Å². The average molecular weight is 545 g/mol. The molecule has 0 aliphatic carbocycles. The molecule has 8 heteroatoms. The molecule has 33 heavy (non-hydrogen) atoms. The van der Waals surface area contributed by atoms with Gasteiger partial charge in [0.15, 0.2) is 11.5 Å². The topological polar surface area (TPSA) is 55.8 Å². The Morgan fingerprint density at radius 3 is 2.55 bits per heavy atom. The summed E-state index contributed by atoms with van der Waals surface area (Å²) < 4.78 is 12.2. The SMILES string of the molecule is COc1cc(/C=C2/SC(=O)N(c3ccc(Cl)cc3)C2=O)cc(Br)c1OCc1cccc(C)c1. The molecule has 0 N–H and O–H groups in total. The lowest BCUT2D eigenvalue weighted by atomic mass is 10.1. The summed E-state index contributed by atoms with van der Waals surface area (Å²) in [6.45, 7) is 2.42.